The maximum absolute atomic E-state index is 11.1. The molecule has 1 atom stereocenters. The van der Waals surface area contributed by atoms with Crippen molar-refractivity contribution in [1.29, 1.82) is 0 Å². The van der Waals surface area contributed by atoms with Crippen molar-refractivity contribution in [2.45, 2.75) is 51.5 Å². The highest BCUT2D eigenvalue weighted by atomic mass is 16.5. The zero-order chi connectivity index (χ0) is 13.2. The van der Waals surface area contributed by atoms with E-state index >= 15 is 0 Å². The van der Waals surface area contributed by atoms with Crippen molar-refractivity contribution in [3.05, 3.63) is 0 Å². The minimum Gasteiger partial charge on any atom is -0.466 e. The lowest BCUT2D eigenvalue weighted by molar-refractivity contribution is -0.143. The third-order valence-corrected chi connectivity index (χ3v) is 3.06. The van der Waals surface area contributed by atoms with Crippen LogP contribution in [0.1, 0.15) is 45.4 Å². The molecule has 1 amide bonds. The Labute approximate surface area is 109 Å². The van der Waals surface area contributed by atoms with Crippen LogP contribution in [-0.2, 0) is 14.3 Å². The highest BCUT2D eigenvalue weighted by molar-refractivity contribution is 5.76. The maximum atomic E-state index is 11.1. The van der Waals surface area contributed by atoms with Crippen molar-refractivity contribution < 1.29 is 14.3 Å². The van der Waals surface area contributed by atoms with Crippen molar-refractivity contribution in [3.63, 3.8) is 0 Å². The second-order valence-electron chi connectivity index (χ2n) is 4.61. The Bertz CT molecular complexity index is 259. The number of piperidine rings is 1. The van der Waals surface area contributed by atoms with Gasteiger partial charge < -0.3 is 15.4 Å². The van der Waals surface area contributed by atoms with E-state index in [-0.39, 0.29) is 11.9 Å². The van der Waals surface area contributed by atoms with Gasteiger partial charge in [-0.2, -0.15) is 0 Å². The molecule has 1 saturated heterocycles. The highest BCUT2D eigenvalue weighted by Gasteiger charge is 2.16. The van der Waals surface area contributed by atoms with Gasteiger partial charge in [-0.3, -0.25) is 9.59 Å². The molecular formula is C13H24N2O3. The molecule has 1 unspecified atom stereocenters. The van der Waals surface area contributed by atoms with Crippen LogP contribution < -0.4 is 10.6 Å². The smallest absolute Gasteiger partial charge is 0.305 e. The van der Waals surface area contributed by atoms with Crippen LogP contribution in [-0.4, -0.2) is 37.6 Å². The van der Waals surface area contributed by atoms with Crippen LogP contribution >= 0.6 is 0 Å². The van der Waals surface area contributed by atoms with Gasteiger partial charge in [0.1, 0.15) is 0 Å². The summed E-state index contributed by atoms with van der Waals surface area (Å²) < 4.78 is 4.86. The largest absolute Gasteiger partial charge is 0.466 e. The van der Waals surface area contributed by atoms with Gasteiger partial charge >= 0.3 is 5.97 Å². The molecule has 0 aliphatic carbocycles. The molecule has 0 bridgehead atoms. The molecule has 0 aromatic rings. The van der Waals surface area contributed by atoms with E-state index in [1.54, 1.807) is 0 Å². The van der Waals surface area contributed by atoms with Gasteiger partial charge in [0.15, 0.2) is 0 Å². The van der Waals surface area contributed by atoms with Crippen molar-refractivity contribution in [3.8, 4) is 0 Å². The van der Waals surface area contributed by atoms with Crippen molar-refractivity contribution >= 4 is 11.9 Å². The fourth-order valence-corrected chi connectivity index (χ4v) is 2.02. The number of carbonyl (C=O) groups is 2. The average Bonchev–Trinajstić information content (AvgIpc) is 2.36. The SMILES string of the molecule is CCOC(=O)CCCCCNC1CCC(=O)NC1. The number of hydrogen-bond donors (Lipinski definition) is 2. The minimum atomic E-state index is -0.0968. The molecule has 104 valence electrons. The van der Waals surface area contributed by atoms with Crippen LogP contribution in [0.25, 0.3) is 0 Å². The third kappa shape index (κ3) is 6.59. The van der Waals surface area contributed by atoms with Gasteiger partial charge in [-0.05, 0) is 32.7 Å². The lowest BCUT2D eigenvalue weighted by Crippen LogP contribution is -2.45. The molecule has 0 spiro atoms. The molecule has 5 heteroatoms. The summed E-state index contributed by atoms with van der Waals surface area (Å²) in [5.41, 5.74) is 0. The van der Waals surface area contributed by atoms with E-state index in [1.165, 1.54) is 0 Å². The third-order valence-electron chi connectivity index (χ3n) is 3.06. The molecule has 1 fully saturated rings. The lowest BCUT2D eigenvalue weighted by Gasteiger charge is -2.23. The molecular weight excluding hydrogens is 232 g/mol. The van der Waals surface area contributed by atoms with Crippen LogP contribution in [0.5, 0.6) is 0 Å². The quantitative estimate of drug-likeness (QED) is 0.502. The summed E-state index contributed by atoms with van der Waals surface area (Å²) in [6, 6.07) is 0.410. The Morgan fingerprint density at radius 2 is 2.28 bits per heavy atom. The Morgan fingerprint density at radius 3 is 2.94 bits per heavy atom. The predicted octanol–water partition coefficient (Wildman–Crippen LogP) is 0.978. The number of carbonyl (C=O) groups excluding carboxylic acids is 2. The number of ether oxygens (including phenoxy) is 1. The zero-order valence-electron chi connectivity index (χ0n) is 11.2. The lowest BCUT2D eigenvalue weighted by atomic mass is 10.1. The van der Waals surface area contributed by atoms with Gasteiger partial charge in [0.25, 0.3) is 0 Å². The molecule has 1 aliphatic rings. The van der Waals surface area contributed by atoms with E-state index in [2.05, 4.69) is 10.6 Å². The van der Waals surface area contributed by atoms with Crippen LogP contribution in [0.4, 0.5) is 0 Å². The Morgan fingerprint density at radius 1 is 1.44 bits per heavy atom. The first-order valence-corrected chi connectivity index (χ1v) is 6.88. The number of rotatable bonds is 8. The number of unbranched alkanes of at least 4 members (excludes halogenated alkanes) is 2. The van der Waals surface area contributed by atoms with Gasteiger partial charge in [-0.1, -0.05) is 6.42 Å². The Balaban J connectivity index is 1.89. The molecule has 1 heterocycles. The van der Waals surface area contributed by atoms with E-state index in [0.29, 0.717) is 25.5 Å². The number of esters is 1. The molecule has 1 rings (SSSR count). The van der Waals surface area contributed by atoms with Crippen LogP contribution in [0.3, 0.4) is 0 Å². The second-order valence-corrected chi connectivity index (χ2v) is 4.61. The molecule has 0 radical (unpaired) electrons. The molecule has 1 aliphatic heterocycles. The fraction of sp³-hybridized carbons (Fsp3) is 0.846. The van der Waals surface area contributed by atoms with Gasteiger partial charge in [0.2, 0.25) is 5.91 Å². The second kappa shape index (κ2) is 8.91. The molecule has 5 nitrogen and oxygen atoms in total. The summed E-state index contributed by atoms with van der Waals surface area (Å²) in [6.07, 6.45) is 5.05. The van der Waals surface area contributed by atoms with Crippen LogP contribution in [0, 0.1) is 0 Å². The predicted molar refractivity (Wildman–Crippen MR) is 69.1 cm³/mol. The van der Waals surface area contributed by atoms with E-state index in [1.807, 2.05) is 6.92 Å². The summed E-state index contributed by atoms with van der Waals surface area (Å²) in [5, 5.41) is 6.28. The van der Waals surface area contributed by atoms with Crippen LogP contribution in [0.15, 0.2) is 0 Å². The minimum absolute atomic E-state index is 0.0968. The number of nitrogens with one attached hydrogen (secondary N) is 2. The van der Waals surface area contributed by atoms with E-state index < -0.39 is 0 Å². The van der Waals surface area contributed by atoms with Crippen molar-refractivity contribution in [1.82, 2.24) is 10.6 Å². The molecule has 18 heavy (non-hydrogen) atoms. The van der Waals surface area contributed by atoms with Crippen molar-refractivity contribution in [2.24, 2.45) is 0 Å². The van der Waals surface area contributed by atoms with Gasteiger partial charge in [-0.15, -0.1) is 0 Å². The first-order chi connectivity index (χ1) is 8.72. The van der Waals surface area contributed by atoms with E-state index in [0.717, 1.165) is 38.8 Å². The summed E-state index contributed by atoms with van der Waals surface area (Å²) >= 11 is 0. The van der Waals surface area contributed by atoms with Crippen molar-refractivity contribution in [2.75, 3.05) is 19.7 Å². The van der Waals surface area contributed by atoms with E-state index in [9.17, 15) is 9.59 Å². The van der Waals surface area contributed by atoms with E-state index in [4.69, 9.17) is 4.74 Å². The molecule has 2 N–H and O–H groups in total. The maximum Gasteiger partial charge on any atom is 0.305 e. The number of hydrogen-bond acceptors (Lipinski definition) is 4. The standard InChI is InChI=1S/C13H24N2O3/c1-2-18-13(17)6-4-3-5-9-14-11-7-8-12(16)15-10-11/h11,14H,2-10H2,1H3,(H,15,16). The fourth-order valence-electron chi connectivity index (χ4n) is 2.02. The molecule has 0 saturated carbocycles. The summed E-state index contributed by atoms with van der Waals surface area (Å²) in [5.74, 6) is 0.0583. The first-order valence-electron chi connectivity index (χ1n) is 6.88. The normalized spacial score (nSPS) is 19.4. The van der Waals surface area contributed by atoms with Gasteiger partial charge in [0, 0.05) is 25.4 Å². The molecule has 0 aromatic carbocycles. The first kappa shape index (κ1) is 15.0. The Hall–Kier alpha value is -1.10. The van der Waals surface area contributed by atoms with Gasteiger partial charge in [0.05, 0.1) is 6.61 Å². The average molecular weight is 256 g/mol. The zero-order valence-corrected chi connectivity index (χ0v) is 11.2. The summed E-state index contributed by atoms with van der Waals surface area (Å²) in [4.78, 5) is 22.0. The molecule has 0 aromatic heterocycles. The van der Waals surface area contributed by atoms with Gasteiger partial charge in [-0.25, -0.2) is 0 Å². The van der Waals surface area contributed by atoms with Crippen LogP contribution in [0.2, 0.25) is 0 Å². The number of amides is 1. The highest BCUT2D eigenvalue weighted by Crippen LogP contribution is 2.04. The summed E-state index contributed by atoms with van der Waals surface area (Å²) in [7, 11) is 0. The monoisotopic (exact) mass is 256 g/mol. The Kier molecular flexibility index (Phi) is 7.41. The summed E-state index contributed by atoms with van der Waals surface area (Å²) in [6.45, 7) is 3.98. The topological polar surface area (TPSA) is 67.4 Å².